The molecule has 4 nitrogen and oxygen atoms in total. The zero-order valence-corrected chi connectivity index (χ0v) is 7.43. The van der Waals surface area contributed by atoms with E-state index in [1.807, 2.05) is 6.07 Å². The molecular formula is C10H8N2O2. The number of amides is 1. The number of aromatic nitrogens is 1. The van der Waals surface area contributed by atoms with Crippen molar-refractivity contribution in [2.24, 2.45) is 0 Å². The molecule has 1 aromatic heterocycles. The third-order valence-corrected chi connectivity index (χ3v) is 2.43. The Hall–Kier alpha value is -1.84. The molecule has 0 aromatic carbocycles. The molecule has 2 aliphatic heterocycles. The van der Waals surface area contributed by atoms with Gasteiger partial charge in [0.1, 0.15) is 11.9 Å². The summed E-state index contributed by atoms with van der Waals surface area (Å²) >= 11 is 0. The van der Waals surface area contributed by atoms with Crippen LogP contribution in [0, 0.1) is 0 Å². The van der Waals surface area contributed by atoms with E-state index in [4.69, 9.17) is 4.74 Å². The molecule has 3 heterocycles. The van der Waals surface area contributed by atoms with E-state index in [9.17, 15) is 4.79 Å². The second-order valence-corrected chi connectivity index (χ2v) is 3.28. The van der Waals surface area contributed by atoms with E-state index in [1.54, 1.807) is 23.4 Å². The Morgan fingerprint density at radius 1 is 1.43 bits per heavy atom. The van der Waals surface area contributed by atoms with Crippen molar-refractivity contribution in [2.45, 2.75) is 12.8 Å². The van der Waals surface area contributed by atoms with Gasteiger partial charge in [-0.1, -0.05) is 0 Å². The number of fused-ring (bicyclic) bond motifs is 3. The lowest BCUT2D eigenvalue weighted by molar-refractivity contribution is -0.116. The van der Waals surface area contributed by atoms with Crippen molar-refractivity contribution < 1.29 is 9.53 Å². The number of anilines is 1. The van der Waals surface area contributed by atoms with Crippen molar-refractivity contribution >= 4 is 11.6 Å². The second-order valence-electron chi connectivity index (χ2n) is 3.28. The molecule has 0 N–H and O–H groups in total. The number of carbonyl (C=O) groups excluding carboxylic acids is 1. The fourth-order valence-electron chi connectivity index (χ4n) is 1.79. The SMILES string of the molecule is O=C1CCC2=COc3ncccc3N12. The molecule has 0 atom stereocenters. The smallest absolute Gasteiger partial charge is 0.243 e. The van der Waals surface area contributed by atoms with Crippen LogP contribution >= 0.6 is 0 Å². The molecule has 1 fully saturated rings. The number of nitrogens with zero attached hydrogens (tertiary/aromatic N) is 2. The van der Waals surface area contributed by atoms with Gasteiger partial charge in [0.15, 0.2) is 0 Å². The van der Waals surface area contributed by atoms with Gasteiger partial charge in [0, 0.05) is 19.0 Å². The van der Waals surface area contributed by atoms with Crippen molar-refractivity contribution in [3.05, 3.63) is 30.3 Å². The van der Waals surface area contributed by atoms with E-state index in [0.717, 1.165) is 17.8 Å². The van der Waals surface area contributed by atoms with Crippen LogP contribution in [0.5, 0.6) is 5.88 Å². The van der Waals surface area contributed by atoms with Gasteiger partial charge in [0.25, 0.3) is 0 Å². The summed E-state index contributed by atoms with van der Waals surface area (Å²) in [6.45, 7) is 0. The fraction of sp³-hybridized carbons (Fsp3) is 0.200. The zero-order chi connectivity index (χ0) is 9.54. The van der Waals surface area contributed by atoms with Crippen LogP contribution in [0.25, 0.3) is 0 Å². The lowest BCUT2D eigenvalue weighted by atomic mass is 10.3. The van der Waals surface area contributed by atoms with Gasteiger partial charge < -0.3 is 4.74 Å². The molecule has 0 unspecified atom stereocenters. The maximum atomic E-state index is 11.6. The molecule has 14 heavy (non-hydrogen) atoms. The van der Waals surface area contributed by atoms with Gasteiger partial charge >= 0.3 is 0 Å². The van der Waals surface area contributed by atoms with Crippen molar-refractivity contribution in [3.8, 4) is 5.88 Å². The van der Waals surface area contributed by atoms with Gasteiger partial charge in [0.2, 0.25) is 11.8 Å². The first-order valence-electron chi connectivity index (χ1n) is 4.50. The Balaban J connectivity index is 2.17. The summed E-state index contributed by atoms with van der Waals surface area (Å²) in [5.74, 6) is 0.625. The maximum absolute atomic E-state index is 11.6. The lowest BCUT2D eigenvalue weighted by Gasteiger charge is -2.23. The third-order valence-electron chi connectivity index (χ3n) is 2.43. The summed E-state index contributed by atoms with van der Waals surface area (Å²) in [6, 6.07) is 3.65. The van der Waals surface area contributed by atoms with E-state index in [1.165, 1.54) is 0 Å². The van der Waals surface area contributed by atoms with Gasteiger partial charge in [-0.25, -0.2) is 4.98 Å². The van der Waals surface area contributed by atoms with Crippen molar-refractivity contribution in [2.75, 3.05) is 4.90 Å². The van der Waals surface area contributed by atoms with E-state index in [2.05, 4.69) is 4.98 Å². The number of hydrogen-bond acceptors (Lipinski definition) is 3. The van der Waals surface area contributed by atoms with E-state index in [-0.39, 0.29) is 5.91 Å². The monoisotopic (exact) mass is 188 g/mol. The molecule has 0 aliphatic carbocycles. The number of carbonyl (C=O) groups is 1. The fourth-order valence-corrected chi connectivity index (χ4v) is 1.79. The van der Waals surface area contributed by atoms with Crippen LogP contribution in [0.4, 0.5) is 5.69 Å². The Kier molecular flexibility index (Phi) is 1.39. The Bertz CT molecular complexity index is 440. The highest BCUT2D eigenvalue weighted by Gasteiger charge is 2.32. The molecule has 1 saturated heterocycles. The molecule has 70 valence electrons. The van der Waals surface area contributed by atoms with Crippen LogP contribution < -0.4 is 9.64 Å². The summed E-state index contributed by atoms with van der Waals surface area (Å²) in [7, 11) is 0. The predicted molar refractivity (Wildman–Crippen MR) is 49.7 cm³/mol. The standard InChI is InChI=1S/C10H8N2O2/c13-9-4-3-7-6-14-10-8(12(7)9)2-1-5-11-10/h1-2,5-6H,3-4H2. The largest absolute Gasteiger partial charge is 0.443 e. The van der Waals surface area contributed by atoms with Gasteiger partial charge in [-0.3, -0.25) is 9.69 Å². The van der Waals surface area contributed by atoms with Gasteiger partial charge in [-0.05, 0) is 12.1 Å². The average molecular weight is 188 g/mol. The van der Waals surface area contributed by atoms with E-state index < -0.39 is 0 Å². The third kappa shape index (κ3) is 0.878. The van der Waals surface area contributed by atoms with Crippen LogP contribution in [-0.4, -0.2) is 10.9 Å². The molecule has 0 bridgehead atoms. The Morgan fingerprint density at radius 2 is 2.36 bits per heavy atom. The summed E-state index contributed by atoms with van der Waals surface area (Å²) in [6.07, 6.45) is 4.58. The molecule has 3 rings (SSSR count). The number of ether oxygens (including phenoxy) is 1. The van der Waals surface area contributed by atoms with Crippen LogP contribution in [0.3, 0.4) is 0 Å². The highest BCUT2D eigenvalue weighted by atomic mass is 16.5. The van der Waals surface area contributed by atoms with E-state index in [0.29, 0.717) is 12.3 Å². The first-order valence-corrected chi connectivity index (χ1v) is 4.50. The summed E-state index contributed by atoms with van der Waals surface area (Å²) in [5, 5.41) is 0. The molecule has 0 spiro atoms. The second kappa shape index (κ2) is 2.57. The topological polar surface area (TPSA) is 42.4 Å². The summed E-state index contributed by atoms with van der Waals surface area (Å²) in [5.41, 5.74) is 1.68. The van der Waals surface area contributed by atoms with Crippen molar-refractivity contribution in [3.63, 3.8) is 0 Å². The Labute approximate surface area is 80.8 Å². The first kappa shape index (κ1) is 7.55. The number of pyridine rings is 1. The molecule has 0 saturated carbocycles. The van der Waals surface area contributed by atoms with Gasteiger partial charge in [0.05, 0.1) is 5.70 Å². The molecular weight excluding hydrogens is 180 g/mol. The van der Waals surface area contributed by atoms with Crippen LogP contribution in [-0.2, 0) is 4.79 Å². The quantitative estimate of drug-likeness (QED) is 0.618. The summed E-state index contributed by atoms with van der Waals surface area (Å²) in [4.78, 5) is 17.3. The average Bonchev–Trinajstić information content (AvgIpc) is 2.61. The maximum Gasteiger partial charge on any atom is 0.243 e. The molecule has 2 aliphatic rings. The molecule has 4 heteroatoms. The minimum atomic E-state index is 0.119. The van der Waals surface area contributed by atoms with Gasteiger partial charge in [-0.2, -0.15) is 0 Å². The van der Waals surface area contributed by atoms with Crippen molar-refractivity contribution in [1.82, 2.24) is 4.98 Å². The normalized spacial score (nSPS) is 18.4. The predicted octanol–water partition coefficient (Wildman–Crippen LogP) is 1.44. The Morgan fingerprint density at radius 3 is 3.29 bits per heavy atom. The minimum Gasteiger partial charge on any atom is -0.443 e. The van der Waals surface area contributed by atoms with Crippen LogP contribution in [0.2, 0.25) is 0 Å². The first-order chi connectivity index (χ1) is 6.86. The van der Waals surface area contributed by atoms with Gasteiger partial charge in [-0.15, -0.1) is 0 Å². The minimum absolute atomic E-state index is 0.119. The number of rotatable bonds is 0. The highest BCUT2D eigenvalue weighted by Crippen LogP contribution is 2.37. The van der Waals surface area contributed by atoms with E-state index >= 15 is 0 Å². The molecule has 0 radical (unpaired) electrons. The van der Waals surface area contributed by atoms with Crippen LogP contribution in [0.15, 0.2) is 30.3 Å². The van der Waals surface area contributed by atoms with Crippen molar-refractivity contribution in [1.29, 1.82) is 0 Å². The summed E-state index contributed by atoms with van der Waals surface area (Å²) < 4.78 is 5.32. The number of allylic oxidation sites excluding steroid dienone is 1. The number of hydrogen-bond donors (Lipinski definition) is 0. The zero-order valence-electron chi connectivity index (χ0n) is 7.43. The molecule has 1 aromatic rings. The highest BCUT2D eigenvalue weighted by molar-refractivity contribution is 6.00. The lowest BCUT2D eigenvalue weighted by Crippen LogP contribution is -2.25. The van der Waals surface area contributed by atoms with Crippen LogP contribution in [0.1, 0.15) is 12.8 Å². The molecule has 1 amide bonds.